The Morgan fingerprint density at radius 1 is 1.07 bits per heavy atom. The number of rotatable bonds is 8. The van der Waals surface area contributed by atoms with Crippen LogP contribution in [0.3, 0.4) is 0 Å². The molecule has 0 spiro atoms. The smallest absolute Gasteiger partial charge is 0.251 e. The molecule has 1 aliphatic heterocycles. The number of nitrogens with zero attached hydrogens (tertiary/aromatic N) is 1. The maximum absolute atomic E-state index is 13.2. The molecule has 1 aliphatic rings. The minimum atomic E-state index is -3.52. The van der Waals surface area contributed by atoms with Crippen molar-refractivity contribution in [3.8, 4) is 0 Å². The van der Waals surface area contributed by atoms with Gasteiger partial charge >= 0.3 is 0 Å². The Morgan fingerprint density at radius 3 is 2.43 bits per heavy atom. The summed E-state index contributed by atoms with van der Waals surface area (Å²) in [5.41, 5.74) is 2.91. The van der Waals surface area contributed by atoms with Crippen LogP contribution in [0.2, 0.25) is 0 Å². The highest BCUT2D eigenvalue weighted by Gasteiger charge is 2.33. The van der Waals surface area contributed by atoms with Crippen LogP contribution >= 0.6 is 0 Å². The number of piperidine rings is 1. The molecule has 0 bridgehead atoms. The van der Waals surface area contributed by atoms with Gasteiger partial charge in [-0.3, -0.25) is 4.79 Å². The number of sulfonamides is 1. The Labute approximate surface area is 180 Å². The number of aryl methyl sites for hydroxylation is 2. The SMILES string of the molecule is CCCc1ccc(C(=O)NCCC2CCCCN2S(=O)(=O)c2ccc(C)cc2)cc1. The molecule has 0 radical (unpaired) electrons. The Morgan fingerprint density at radius 2 is 1.77 bits per heavy atom. The lowest BCUT2D eigenvalue weighted by Crippen LogP contribution is -2.45. The van der Waals surface area contributed by atoms with Crippen molar-refractivity contribution in [2.75, 3.05) is 13.1 Å². The summed E-state index contributed by atoms with van der Waals surface area (Å²) in [6.07, 6.45) is 5.41. The third-order valence-electron chi connectivity index (χ3n) is 5.72. The highest BCUT2D eigenvalue weighted by atomic mass is 32.2. The van der Waals surface area contributed by atoms with E-state index >= 15 is 0 Å². The van der Waals surface area contributed by atoms with Crippen molar-refractivity contribution in [3.63, 3.8) is 0 Å². The van der Waals surface area contributed by atoms with Gasteiger partial charge in [0.1, 0.15) is 0 Å². The summed E-state index contributed by atoms with van der Waals surface area (Å²) in [4.78, 5) is 12.8. The highest BCUT2D eigenvalue weighted by Crippen LogP contribution is 2.27. The van der Waals surface area contributed by atoms with Crippen LogP contribution in [0.25, 0.3) is 0 Å². The first-order valence-corrected chi connectivity index (χ1v) is 12.3. The average Bonchev–Trinajstić information content (AvgIpc) is 2.75. The lowest BCUT2D eigenvalue weighted by molar-refractivity contribution is 0.0949. The van der Waals surface area contributed by atoms with Crippen molar-refractivity contribution in [3.05, 3.63) is 65.2 Å². The molecule has 6 heteroatoms. The normalized spacial score (nSPS) is 17.6. The predicted octanol–water partition coefficient (Wildman–Crippen LogP) is 4.31. The second-order valence-corrected chi connectivity index (χ2v) is 9.96. The standard InChI is InChI=1S/C24H32N2O3S/c1-3-6-20-10-12-21(13-11-20)24(27)25-17-16-22-7-4-5-18-26(22)30(28,29)23-14-8-19(2)9-15-23/h8-15,22H,3-7,16-18H2,1-2H3,(H,25,27). The first kappa shape index (κ1) is 22.5. The van der Waals surface area contributed by atoms with E-state index < -0.39 is 10.0 Å². The summed E-state index contributed by atoms with van der Waals surface area (Å²) < 4.78 is 27.9. The van der Waals surface area contributed by atoms with Gasteiger partial charge in [0.15, 0.2) is 0 Å². The zero-order valence-electron chi connectivity index (χ0n) is 17.9. The van der Waals surface area contributed by atoms with Crippen LogP contribution in [-0.4, -0.2) is 37.8 Å². The predicted molar refractivity (Wildman–Crippen MR) is 120 cm³/mol. The number of benzene rings is 2. The topological polar surface area (TPSA) is 66.5 Å². The molecule has 0 aromatic heterocycles. The van der Waals surface area contributed by atoms with Crippen LogP contribution in [0.1, 0.15) is 60.5 Å². The van der Waals surface area contributed by atoms with Crippen molar-refractivity contribution in [1.82, 2.24) is 9.62 Å². The molecule has 5 nitrogen and oxygen atoms in total. The first-order valence-electron chi connectivity index (χ1n) is 10.9. The molecule has 1 atom stereocenters. The number of carbonyl (C=O) groups is 1. The van der Waals surface area contributed by atoms with Gasteiger partial charge in [-0.05, 0) is 62.4 Å². The molecule has 0 saturated carbocycles. The first-order chi connectivity index (χ1) is 14.4. The van der Waals surface area contributed by atoms with E-state index in [1.54, 1.807) is 16.4 Å². The van der Waals surface area contributed by atoms with E-state index in [-0.39, 0.29) is 11.9 Å². The van der Waals surface area contributed by atoms with Gasteiger partial charge in [0.25, 0.3) is 5.91 Å². The summed E-state index contributed by atoms with van der Waals surface area (Å²) in [5.74, 6) is -0.109. The van der Waals surface area contributed by atoms with Gasteiger partial charge < -0.3 is 5.32 Å². The van der Waals surface area contributed by atoms with E-state index in [9.17, 15) is 13.2 Å². The van der Waals surface area contributed by atoms with Crippen LogP contribution in [0.4, 0.5) is 0 Å². The number of hydrogen-bond acceptors (Lipinski definition) is 3. The molecule has 1 unspecified atom stereocenters. The molecular formula is C24H32N2O3S. The summed E-state index contributed by atoms with van der Waals surface area (Å²) >= 11 is 0. The van der Waals surface area contributed by atoms with E-state index in [1.165, 1.54) is 5.56 Å². The molecule has 1 saturated heterocycles. The molecule has 2 aromatic rings. The quantitative estimate of drug-likeness (QED) is 0.681. The van der Waals surface area contributed by atoms with Gasteiger partial charge in [-0.15, -0.1) is 0 Å². The van der Waals surface area contributed by atoms with E-state index in [0.29, 0.717) is 30.0 Å². The zero-order valence-corrected chi connectivity index (χ0v) is 18.7. The second-order valence-electron chi connectivity index (χ2n) is 8.07. The third kappa shape index (κ3) is 5.49. The molecule has 2 aromatic carbocycles. The Bertz CT molecular complexity index is 937. The van der Waals surface area contributed by atoms with Crippen molar-refractivity contribution in [1.29, 1.82) is 0 Å². The molecule has 1 heterocycles. The van der Waals surface area contributed by atoms with E-state index in [2.05, 4.69) is 12.2 Å². The van der Waals surface area contributed by atoms with E-state index in [0.717, 1.165) is 37.7 Å². The molecule has 30 heavy (non-hydrogen) atoms. The Kier molecular flexibility index (Phi) is 7.67. The lowest BCUT2D eigenvalue weighted by Gasteiger charge is -2.34. The minimum absolute atomic E-state index is 0.0858. The lowest BCUT2D eigenvalue weighted by atomic mass is 10.0. The van der Waals surface area contributed by atoms with E-state index in [4.69, 9.17) is 0 Å². The number of nitrogens with one attached hydrogen (secondary N) is 1. The summed E-state index contributed by atoms with van der Waals surface area (Å²) in [6, 6.07) is 14.6. The van der Waals surface area contributed by atoms with Crippen LogP contribution in [0.5, 0.6) is 0 Å². The Balaban J connectivity index is 1.60. The molecule has 1 fully saturated rings. The fraction of sp³-hybridized carbons (Fsp3) is 0.458. The molecule has 3 rings (SSSR count). The second kappa shape index (κ2) is 10.2. The summed E-state index contributed by atoms with van der Waals surface area (Å²) in [5, 5.41) is 2.96. The summed E-state index contributed by atoms with van der Waals surface area (Å²) in [7, 11) is -3.52. The molecule has 1 amide bonds. The van der Waals surface area contributed by atoms with Crippen LogP contribution in [-0.2, 0) is 16.4 Å². The van der Waals surface area contributed by atoms with Gasteiger partial charge in [-0.25, -0.2) is 8.42 Å². The maximum atomic E-state index is 13.2. The van der Waals surface area contributed by atoms with Gasteiger partial charge in [0.05, 0.1) is 4.90 Å². The van der Waals surface area contributed by atoms with Crippen molar-refractivity contribution in [2.45, 2.75) is 63.3 Å². The third-order valence-corrected chi connectivity index (χ3v) is 7.68. The van der Waals surface area contributed by atoms with Crippen LogP contribution < -0.4 is 5.32 Å². The molecule has 0 aliphatic carbocycles. The zero-order chi connectivity index (χ0) is 21.6. The average molecular weight is 429 g/mol. The van der Waals surface area contributed by atoms with Gasteiger partial charge in [0, 0.05) is 24.7 Å². The molecule has 1 N–H and O–H groups in total. The number of amides is 1. The highest BCUT2D eigenvalue weighted by molar-refractivity contribution is 7.89. The maximum Gasteiger partial charge on any atom is 0.251 e. The van der Waals surface area contributed by atoms with Crippen molar-refractivity contribution >= 4 is 15.9 Å². The number of carbonyl (C=O) groups excluding carboxylic acids is 1. The van der Waals surface area contributed by atoms with Crippen molar-refractivity contribution < 1.29 is 13.2 Å². The van der Waals surface area contributed by atoms with E-state index in [1.807, 2.05) is 43.3 Å². The molecular weight excluding hydrogens is 396 g/mol. The van der Waals surface area contributed by atoms with Crippen molar-refractivity contribution in [2.24, 2.45) is 0 Å². The monoisotopic (exact) mass is 428 g/mol. The summed E-state index contributed by atoms with van der Waals surface area (Å²) in [6.45, 7) is 5.07. The van der Waals surface area contributed by atoms with Gasteiger partial charge in [-0.2, -0.15) is 4.31 Å². The van der Waals surface area contributed by atoms with Crippen LogP contribution in [0.15, 0.2) is 53.4 Å². The minimum Gasteiger partial charge on any atom is -0.352 e. The fourth-order valence-corrected chi connectivity index (χ4v) is 5.71. The fourth-order valence-electron chi connectivity index (χ4n) is 3.99. The largest absolute Gasteiger partial charge is 0.352 e. The number of hydrogen-bond donors (Lipinski definition) is 1. The molecule has 162 valence electrons. The van der Waals surface area contributed by atoms with Gasteiger partial charge in [-0.1, -0.05) is 49.6 Å². The van der Waals surface area contributed by atoms with Crippen LogP contribution in [0, 0.1) is 6.92 Å². The van der Waals surface area contributed by atoms with Gasteiger partial charge in [0.2, 0.25) is 10.0 Å². The Hall–Kier alpha value is -2.18.